The van der Waals surface area contributed by atoms with E-state index in [1.165, 1.54) is 17.3 Å². The minimum Gasteiger partial charge on any atom is -0.497 e. The highest BCUT2D eigenvalue weighted by Gasteiger charge is 2.20. The van der Waals surface area contributed by atoms with E-state index in [4.69, 9.17) is 9.72 Å². The van der Waals surface area contributed by atoms with E-state index >= 15 is 0 Å². The van der Waals surface area contributed by atoms with Crippen molar-refractivity contribution in [3.8, 4) is 5.75 Å². The number of rotatable bonds is 7. The zero-order valence-corrected chi connectivity index (χ0v) is 18.4. The second-order valence-corrected chi connectivity index (χ2v) is 8.83. The lowest BCUT2D eigenvalue weighted by molar-refractivity contribution is -0.116. The Bertz CT molecular complexity index is 1140. The van der Waals surface area contributed by atoms with E-state index in [9.17, 15) is 4.79 Å². The monoisotopic (exact) mass is 435 g/mol. The van der Waals surface area contributed by atoms with Crippen LogP contribution in [0.2, 0.25) is 0 Å². The van der Waals surface area contributed by atoms with Crippen LogP contribution in [0.4, 0.5) is 5.13 Å². The SMILES string of the molecule is COc1ccc(SCC(=O)N(Cc2cccnc2)c2nc3ccc(C)cc3s2)cc1. The molecule has 0 aliphatic carbocycles. The van der Waals surface area contributed by atoms with Crippen molar-refractivity contribution < 1.29 is 9.53 Å². The van der Waals surface area contributed by atoms with Crippen LogP contribution < -0.4 is 9.64 Å². The molecule has 0 radical (unpaired) electrons. The molecule has 1 amide bonds. The maximum Gasteiger partial charge on any atom is 0.239 e. The van der Waals surface area contributed by atoms with Gasteiger partial charge < -0.3 is 4.74 Å². The molecule has 0 saturated carbocycles. The lowest BCUT2D eigenvalue weighted by Gasteiger charge is -2.19. The number of nitrogens with zero attached hydrogens (tertiary/aromatic N) is 3. The molecule has 0 aliphatic heterocycles. The summed E-state index contributed by atoms with van der Waals surface area (Å²) in [5.41, 5.74) is 3.06. The molecule has 0 bridgehead atoms. The van der Waals surface area contributed by atoms with Crippen molar-refractivity contribution in [3.05, 3.63) is 78.1 Å². The van der Waals surface area contributed by atoms with E-state index in [0.29, 0.717) is 17.4 Å². The molecule has 0 atom stereocenters. The van der Waals surface area contributed by atoms with Gasteiger partial charge in [0.25, 0.3) is 0 Å². The number of carbonyl (C=O) groups excluding carboxylic acids is 1. The molecule has 0 N–H and O–H groups in total. The van der Waals surface area contributed by atoms with Crippen molar-refractivity contribution in [1.29, 1.82) is 0 Å². The highest BCUT2D eigenvalue weighted by Crippen LogP contribution is 2.31. The zero-order chi connectivity index (χ0) is 20.9. The second-order valence-electron chi connectivity index (χ2n) is 6.77. The van der Waals surface area contributed by atoms with Crippen molar-refractivity contribution >= 4 is 44.4 Å². The van der Waals surface area contributed by atoms with Crippen molar-refractivity contribution in [3.63, 3.8) is 0 Å². The van der Waals surface area contributed by atoms with Crippen LogP contribution in [-0.4, -0.2) is 28.7 Å². The quantitative estimate of drug-likeness (QED) is 0.367. The van der Waals surface area contributed by atoms with E-state index in [-0.39, 0.29) is 5.91 Å². The Hall–Kier alpha value is -2.90. The summed E-state index contributed by atoms with van der Waals surface area (Å²) in [6.45, 7) is 2.50. The number of aryl methyl sites for hydroxylation is 1. The maximum absolute atomic E-state index is 13.2. The highest BCUT2D eigenvalue weighted by molar-refractivity contribution is 8.00. The fraction of sp³-hybridized carbons (Fsp3) is 0.174. The molecule has 0 aliphatic rings. The number of amides is 1. The molecule has 30 heavy (non-hydrogen) atoms. The largest absolute Gasteiger partial charge is 0.497 e. The van der Waals surface area contributed by atoms with Gasteiger partial charge in [-0.3, -0.25) is 14.7 Å². The first kappa shape index (κ1) is 20.4. The first-order valence-electron chi connectivity index (χ1n) is 9.46. The minimum atomic E-state index is 0.00968. The first-order chi connectivity index (χ1) is 14.6. The number of thiazole rings is 1. The van der Waals surface area contributed by atoms with Crippen LogP contribution in [0.5, 0.6) is 5.75 Å². The van der Waals surface area contributed by atoms with Gasteiger partial charge in [-0.2, -0.15) is 0 Å². The molecule has 4 aromatic rings. The Morgan fingerprint density at radius 3 is 2.73 bits per heavy atom. The lowest BCUT2D eigenvalue weighted by atomic mass is 10.2. The number of carbonyl (C=O) groups is 1. The molecule has 7 heteroatoms. The number of aromatic nitrogens is 2. The molecular formula is C23H21N3O2S2. The average Bonchev–Trinajstić information content (AvgIpc) is 3.19. The molecule has 0 fully saturated rings. The third-order valence-electron chi connectivity index (χ3n) is 4.55. The Balaban J connectivity index is 1.57. The Morgan fingerprint density at radius 1 is 1.17 bits per heavy atom. The number of pyridine rings is 1. The van der Waals surface area contributed by atoms with E-state index in [2.05, 4.69) is 18.0 Å². The van der Waals surface area contributed by atoms with Crippen LogP contribution in [0.3, 0.4) is 0 Å². The summed E-state index contributed by atoms with van der Waals surface area (Å²) in [6, 6.07) is 17.7. The molecule has 2 heterocycles. The number of benzene rings is 2. The molecule has 0 spiro atoms. The Kier molecular flexibility index (Phi) is 6.30. The fourth-order valence-corrected chi connectivity index (χ4v) is 4.82. The Labute approximate surface area is 183 Å². The summed E-state index contributed by atoms with van der Waals surface area (Å²) in [4.78, 5) is 24.9. The van der Waals surface area contributed by atoms with Crippen molar-refractivity contribution in [1.82, 2.24) is 9.97 Å². The van der Waals surface area contributed by atoms with Gasteiger partial charge in [-0.25, -0.2) is 4.98 Å². The number of hydrogen-bond donors (Lipinski definition) is 0. The fourth-order valence-electron chi connectivity index (χ4n) is 2.97. The number of thioether (sulfide) groups is 1. The lowest BCUT2D eigenvalue weighted by Crippen LogP contribution is -2.31. The molecular weight excluding hydrogens is 414 g/mol. The van der Waals surface area contributed by atoms with Gasteiger partial charge >= 0.3 is 0 Å². The first-order valence-corrected chi connectivity index (χ1v) is 11.3. The van der Waals surface area contributed by atoms with Crippen LogP contribution in [0.1, 0.15) is 11.1 Å². The molecule has 152 valence electrons. The van der Waals surface area contributed by atoms with Gasteiger partial charge in [-0.1, -0.05) is 23.5 Å². The van der Waals surface area contributed by atoms with Crippen LogP contribution >= 0.6 is 23.1 Å². The average molecular weight is 436 g/mol. The van der Waals surface area contributed by atoms with Crippen molar-refractivity contribution in [2.24, 2.45) is 0 Å². The topological polar surface area (TPSA) is 55.3 Å². The normalized spacial score (nSPS) is 10.9. The predicted molar refractivity (Wildman–Crippen MR) is 124 cm³/mol. The van der Waals surface area contributed by atoms with Gasteiger partial charge in [0, 0.05) is 17.3 Å². The van der Waals surface area contributed by atoms with E-state index < -0.39 is 0 Å². The van der Waals surface area contributed by atoms with Crippen molar-refractivity contribution in [2.45, 2.75) is 18.4 Å². The van der Waals surface area contributed by atoms with Gasteiger partial charge in [0.2, 0.25) is 5.91 Å². The van der Waals surface area contributed by atoms with Gasteiger partial charge in [0.05, 0.1) is 29.6 Å². The summed E-state index contributed by atoms with van der Waals surface area (Å²) in [5, 5.41) is 0.708. The van der Waals surface area contributed by atoms with Crippen LogP contribution in [0.15, 0.2) is 71.9 Å². The molecule has 0 saturated heterocycles. The third-order valence-corrected chi connectivity index (χ3v) is 6.59. The second kappa shape index (κ2) is 9.28. The highest BCUT2D eigenvalue weighted by atomic mass is 32.2. The van der Waals surface area contributed by atoms with Gasteiger partial charge in [0.1, 0.15) is 5.75 Å². The predicted octanol–water partition coefficient (Wildman–Crippen LogP) is 5.33. The summed E-state index contributed by atoms with van der Waals surface area (Å²) in [7, 11) is 1.64. The zero-order valence-electron chi connectivity index (χ0n) is 16.7. The number of methoxy groups -OCH3 is 1. The van der Waals surface area contributed by atoms with Crippen LogP contribution in [0, 0.1) is 6.92 Å². The van der Waals surface area contributed by atoms with Gasteiger partial charge in [0.15, 0.2) is 5.13 Å². The molecule has 4 rings (SSSR count). The number of hydrogen-bond acceptors (Lipinski definition) is 6. The van der Waals surface area contributed by atoms with Crippen molar-refractivity contribution in [2.75, 3.05) is 17.8 Å². The summed E-state index contributed by atoms with van der Waals surface area (Å²) in [6.07, 6.45) is 3.52. The summed E-state index contributed by atoms with van der Waals surface area (Å²) in [5.74, 6) is 1.13. The van der Waals surface area contributed by atoms with E-state index in [0.717, 1.165) is 26.4 Å². The number of anilines is 1. The third kappa shape index (κ3) is 4.80. The maximum atomic E-state index is 13.2. The van der Waals surface area contributed by atoms with Crippen LogP contribution in [-0.2, 0) is 11.3 Å². The molecule has 5 nitrogen and oxygen atoms in total. The molecule has 2 aromatic carbocycles. The molecule has 0 unspecified atom stereocenters. The van der Waals surface area contributed by atoms with Gasteiger partial charge in [-0.05, 0) is 60.5 Å². The van der Waals surface area contributed by atoms with Gasteiger partial charge in [-0.15, -0.1) is 11.8 Å². The number of fused-ring (bicyclic) bond motifs is 1. The van der Waals surface area contributed by atoms with Crippen LogP contribution in [0.25, 0.3) is 10.2 Å². The standard InChI is InChI=1S/C23H21N3O2S2/c1-16-5-10-20-21(12-16)30-23(25-20)26(14-17-4-3-11-24-13-17)22(27)15-29-19-8-6-18(28-2)7-9-19/h3-13H,14-15H2,1-2H3. The number of ether oxygens (including phenoxy) is 1. The summed E-state index contributed by atoms with van der Waals surface area (Å²) >= 11 is 3.05. The smallest absolute Gasteiger partial charge is 0.239 e. The Morgan fingerprint density at radius 2 is 2.00 bits per heavy atom. The van der Waals surface area contributed by atoms with E-state index in [1.54, 1.807) is 35.7 Å². The van der Waals surface area contributed by atoms with E-state index in [1.807, 2.05) is 48.5 Å². The summed E-state index contributed by atoms with van der Waals surface area (Å²) < 4.78 is 6.28. The minimum absolute atomic E-state index is 0.00968. The molecule has 2 aromatic heterocycles.